The Balaban J connectivity index is 2.37. The van der Waals surface area contributed by atoms with Crippen molar-refractivity contribution in [1.29, 1.82) is 0 Å². The van der Waals surface area contributed by atoms with Gasteiger partial charge in [0.25, 0.3) is 0 Å². The molecule has 0 bridgehead atoms. The molecule has 1 N–H and O–H groups in total. The molecule has 122 valence electrons. The highest BCUT2D eigenvalue weighted by Crippen LogP contribution is 2.38. The van der Waals surface area contributed by atoms with Gasteiger partial charge in [-0.3, -0.25) is 0 Å². The van der Waals surface area contributed by atoms with Crippen molar-refractivity contribution >= 4 is 23.5 Å². The van der Waals surface area contributed by atoms with Crippen LogP contribution in [0.3, 0.4) is 0 Å². The fraction of sp³-hybridized carbons (Fsp3) is 0.111. The van der Waals surface area contributed by atoms with E-state index < -0.39 is 5.69 Å². The lowest BCUT2D eigenvalue weighted by atomic mass is 10.0. The van der Waals surface area contributed by atoms with E-state index in [4.69, 9.17) is 0 Å². The summed E-state index contributed by atoms with van der Waals surface area (Å²) in [5, 5.41) is 0.579. The maximum atomic E-state index is 13.7. The first-order valence-electron chi connectivity index (χ1n) is 7.21. The van der Waals surface area contributed by atoms with Gasteiger partial charge >= 0.3 is 5.69 Å². The summed E-state index contributed by atoms with van der Waals surface area (Å²) in [6.07, 6.45) is 3.84. The van der Waals surface area contributed by atoms with E-state index in [0.29, 0.717) is 16.3 Å². The van der Waals surface area contributed by atoms with E-state index in [0.717, 1.165) is 16.0 Å². The van der Waals surface area contributed by atoms with Crippen molar-refractivity contribution in [3.05, 3.63) is 64.8 Å². The Morgan fingerprint density at radius 1 is 1.04 bits per heavy atom. The Kier molecular flexibility index (Phi) is 5.06. The van der Waals surface area contributed by atoms with Gasteiger partial charge in [-0.05, 0) is 36.3 Å². The standard InChI is InChI=1S/C18H15FN2OS2/c1-23-14-9-4-3-8-13(14)16-15(11-6-5-7-12(19)10-11)17(24-2)21-18(22)20-16/h3-10H,1-2H3,(H,20,21,22). The second-order valence-electron chi connectivity index (χ2n) is 5.01. The zero-order valence-corrected chi connectivity index (χ0v) is 14.8. The van der Waals surface area contributed by atoms with Crippen molar-refractivity contribution in [2.45, 2.75) is 9.92 Å². The first-order chi connectivity index (χ1) is 11.6. The molecule has 0 unspecified atom stereocenters. The van der Waals surface area contributed by atoms with E-state index in [1.165, 1.54) is 23.9 Å². The molecule has 0 spiro atoms. The number of thioether (sulfide) groups is 2. The molecular weight excluding hydrogens is 343 g/mol. The third-order valence-corrected chi connectivity index (χ3v) is 5.06. The molecule has 0 radical (unpaired) electrons. The highest BCUT2D eigenvalue weighted by atomic mass is 32.2. The van der Waals surface area contributed by atoms with Gasteiger partial charge in [0, 0.05) is 16.0 Å². The molecule has 0 fully saturated rings. The summed E-state index contributed by atoms with van der Waals surface area (Å²) in [6.45, 7) is 0. The highest BCUT2D eigenvalue weighted by Gasteiger charge is 2.18. The summed E-state index contributed by atoms with van der Waals surface area (Å²) in [4.78, 5) is 20.0. The smallest absolute Gasteiger partial charge is 0.305 e. The van der Waals surface area contributed by atoms with Crippen LogP contribution in [-0.4, -0.2) is 22.5 Å². The molecule has 1 heterocycles. The fourth-order valence-corrected chi connectivity index (χ4v) is 3.77. The van der Waals surface area contributed by atoms with Gasteiger partial charge in [0.1, 0.15) is 10.8 Å². The summed E-state index contributed by atoms with van der Waals surface area (Å²) in [6, 6.07) is 14.1. The molecule has 3 aromatic rings. The summed E-state index contributed by atoms with van der Waals surface area (Å²) < 4.78 is 13.7. The van der Waals surface area contributed by atoms with Crippen molar-refractivity contribution < 1.29 is 4.39 Å². The number of halogens is 1. The molecule has 24 heavy (non-hydrogen) atoms. The van der Waals surface area contributed by atoms with Crippen molar-refractivity contribution in [2.24, 2.45) is 0 Å². The molecule has 0 amide bonds. The third kappa shape index (κ3) is 3.25. The van der Waals surface area contributed by atoms with E-state index >= 15 is 0 Å². The van der Waals surface area contributed by atoms with E-state index in [1.807, 2.05) is 42.8 Å². The number of H-pyrrole nitrogens is 1. The van der Waals surface area contributed by atoms with Crippen molar-refractivity contribution in [1.82, 2.24) is 9.97 Å². The van der Waals surface area contributed by atoms with Gasteiger partial charge < -0.3 is 4.98 Å². The number of nitrogens with zero attached hydrogens (tertiary/aromatic N) is 1. The Hall–Kier alpha value is -2.05. The van der Waals surface area contributed by atoms with Crippen molar-refractivity contribution in [3.63, 3.8) is 0 Å². The van der Waals surface area contributed by atoms with Gasteiger partial charge in [-0.1, -0.05) is 30.3 Å². The molecule has 0 aliphatic rings. The lowest BCUT2D eigenvalue weighted by Crippen LogP contribution is -2.14. The summed E-state index contributed by atoms with van der Waals surface area (Å²) in [7, 11) is 0. The Morgan fingerprint density at radius 2 is 1.83 bits per heavy atom. The molecule has 1 aromatic heterocycles. The minimum atomic E-state index is -0.412. The molecule has 0 atom stereocenters. The van der Waals surface area contributed by atoms with Gasteiger partial charge in [-0.25, -0.2) is 9.18 Å². The minimum Gasteiger partial charge on any atom is -0.305 e. The van der Waals surface area contributed by atoms with Crippen LogP contribution in [0.5, 0.6) is 0 Å². The van der Waals surface area contributed by atoms with Crippen LogP contribution in [0.15, 0.2) is 63.2 Å². The minimum absolute atomic E-state index is 0.324. The second kappa shape index (κ2) is 7.23. The van der Waals surface area contributed by atoms with E-state index in [9.17, 15) is 9.18 Å². The summed E-state index contributed by atoms with van der Waals surface area (Å²) in [5.41, 5.74) is 2.58. The number of rotatable bonds is 4. The maximum Gasteiger partial charge on any atom is 0.346 e. The highest BCUT2D eigenvalue weighted by molar-refractivity contribution is 7.99. The fourth-order valence-electron chi connectivity index (χ4n) is 2.57. The maximum absolute atomic E-state index is 13.7. The largest absolute Gasteiger partial charge is 0.346 e. The number of hydrogen-bond donors (Lipinski definition) is 1. The molecular formula is C18H15FN2OS2. The number of aromatic nitrogens is 2. The number of nitrogens with one attached hydrogen (secondary N) is 1. The van der Waals surface area contributed by atoms with Gasteiger partial charge in [-0.15, -0.1) is 23.5 Å². The monoisotopic (exact) mass is 358 g/mol. The number of benzene rings is 2. The van der Waals surface area contributed by atoms with Gasteiger partial charge in [0.15, 0.2) is 0 Å². The molecule has 6 heteroatoms. The van der Waals surface area contributed by atoms with Crippen LogP contribution >= 0.6 is 23.5 Å². The lowest BCUT2D eigenvalue weighted by Gasteiger charge is -2.15. The first kappa shape index (κ1) is 16.8. The van der Waals surface area contributed by atoms with Crippen molar-refractivity contribution in [3.8, 4) is 22.4 Å². The summed E-state index contributed by atoms with van der Waals surface area (Å²) >= 11 is 2.97. The summed E-state index contributed by atoms with van der Waals surface area (Å²) in [5.74, 6) is -0.324. The molecule has 2 aromatic carbocycles. The quantitative estimate of drug-likeness (QED) is 0.543. The van der Waals surface area contributed by atoms with Crippen LogP contribution < -0.4 is 5.69 Å². The molecule has 0 aliphatic carbocycles. The average Bonchev–Trinajstić information content (AvgIpc) is 2.60. The molecule has 3 nitrogen and oxygen atoms in total. The molecule has 0 saturated carbocycles. The van der Waals surface area contributed by atoms with Crippen LogP contribution in [0, 0.1) is 5.82 Å². The van der Waals surface area contributed by atoms with Crippen LogP contribution in [0.25, 0.3) is 22.4 Å². The Morgan fingerprint density at radius 3 is 2.54 bits per heavy atom. The third-order valence-electron chi connectivity index (χ3n) is 3.58. The topological polar surface area (TPSA) is 45.8 Å². The first-order valence-corrected chi connectivity index (χ1v) is 9.66. The average molecular weight is 358 g/mol. The van der Waals surface area contributed by atoms with E-state index in [1.54, 1.807) is 17.8 Å². The van der Waals surface area contributed by atoms with E-state index in [2.05, 4.69) is 9.97 Å². The zero-order chi connectivity index (χ0) is 17.1. The van der Waals surface area contributed by atoms with Gasteiger partial charge in [0.2, 0.25) is 0 Å². The second-order valence-corrected chi connectivity index (χ2v) is 6.65. The van der Waals surface area contributed by atoms with Crippen LogP contribution in [0.4, 0.5) is 4.39 Å². The lowest BCUT2D eigenvalue weighted by molar-refractivity contribution is 0.628. The van der Waals surface area contributed by atoms with Crippen molar-refractivity contribution in [2.75, 3.05) is 12.5 Å². The SMILES string of the molecule is CSc1ccccc1-c1[nH]c(=O)nc(SC)c1-c1cccc(F)c1. The van der Waals surface area contributed by atoms with Gasteiger partial charge in [-0.2, -0.15) is 4.98 Å². The Bertz CT molecular complexity index is 940. The van der Waals surface area contributed by atoms with Crippen LogP contribution in [-0.2, 0) is 0 Å². The normalized spacial score (nSPS) is 10.8. The van der Waals surface area contributed by atoms with Crippen LogP contribution in [0.1, 0.15) is 0 Å². The zero-order valence-electron chi connectivity index (χ0n) is 13.2. The van der Waals surface area contributed by atoms with Gasteiger partial charge in [0.05, 0.1) is 5.69 Å². The number of aromatic amines is 1. The number of hydrogen-bond acceptors (Lipinski definition) is 4. The molecule has 3 rings (SSSR count). The Labute approximate surface area is 147 Å². The van der Waals surface area contributed by atoms with E-state index in [-0.39, 0.29) is 5.82 Å². The predicted molar refractivity (Wildman–Crippen MR) is 99.2 cm³/mol. The predicted octanol–water partition coefficient (Wildman–Crippen LogP) is 4.69. The van der Waals surface area contributed by atoms with Crippen LogP contribution in [0.2, 0.25) is 0 Å². The molecule has 0 saturated heterocycles. The molecule has 0 aliphatic heterocycles.